The second-order valence-electron chi connectivity index (χ2n) is 12.5. The first-order valence-corrected chi connectivity index (χ1v) is 16.7. The number of thioether (sulfide) groups is 1. The second-order valence-corrected chi connectivity index (χ2v) is 13.6. The topological polar surface area (TPSA) is 71.7 Å². The number of amides is 3. The lowest BCUT2D eigenvalue weighted by Crippen LogP contribution is -2.56. The van der Waals surface area contributed by atoms with E-state index in [9.17, 15) is 9.59 Å². The predicted octanol–water partition coefficient (Wildman–Crippen LogP) is 6.74. The summed E-state index contributed by atoms with van der Waals surface area (Å²) in [4.78, 5) is 38.9. The summed E-state index contributed by atoms with van der Waals surface area (Å²) in [5, 5.41) is 4.32. The maximum atomic E-state index is 14.6. The van der Waals surface area contributed by atoms with Gasteiger partial charge in [-0.3, -0.25) is 4.79 Å². The number of rotatable bonds is 7. The molecule has 0 saturated carbocycles. The molecule has 2 aliphatic rings. The first-order chi connectivity index (χ1) is 21.3. The normalized spacial score (nSPS) is 17.0. The number of carbonyl (C=O) groups excluding carboxylic acids is 2. The number of nitrogens with zero attached hydrogens (tertiary/aromatic N) is 3. The summed E-state index contributed by atoms with van der Waals surface area (Å²) in [7, 11) is 4.10. The van der Waals surface area contributed by atoms with Crippen molar-refractivity contribution in [2.24, 2.45) is 0 Å². The Balaban J connectivity index is 1.27. The minimum atomic E-state index is -0.718. The van der Waals surface area contributed by atoms with Crippen molar-refractivity contribution in [1.82, 2.24) is 20.1 Å². The van der Waals surface area contributed by atoms with Crippen molar-refractivity contribution in [3.8, 4) is 0 Å². The minimum absolute atomic E-state index is 0.0607. The molecular weight excluding hydrogens is 566 g/mol. The summed E-state index contributed by atoms with van der Waals surface area (Å²) in [6.07, 6.45) is 3.82. The fraction of sp³-hybridized carbons (Fsp3) is 0.389. The van der Waals surface area contributed by atoms with Crippen LogP contribution in [0.25, 0.3) is 10.9 Å². The van der Waals surface area contributed by atoms with Gasteiger partial charge in [-0.2, -0.15) is 0 Å². The molecule has 3 amide bonds. The molecule has 0 radical (unpaired) electrons. The number of piperidine rings is 1. The Hall–Kier alpha value is -3.75. The SMILES string of the molecule is Cc1ccccc1C1CCN(C(=O)N[C@@H](C(=O)N2CCSc3ccc(CN(C)C)cc32)[C@@H](C)c2c[nH]c3ccccc23)CC1. The van der Waals surface area contributed by atoms with E-state index < -0.39 is 6.04 Å². The number of aryl methyl sites for hydroxylation is 1. The summed E-state index contributed by atoms with van der Waals surface area (Å²) in [6.45, 7) is 6.97. The van der Waals surface area contributed by atoms with Crippen LogP contribution < -0.4 is 10.2 Å². The third-order valence-corrected chi connectivity index (χ3v) is 10.3. The first-order valence-electron chi connectivity index (χ1n) is 15.7. The zero-order valence-electron chi connectivity index (χ0n) is 26.2. The number of likely N-dealkylation sites (tertiary alicyclic amines) is 1. The number of carbonyl (C=O) groups is 2. The molecule has 230 valence electrons. The Labute approximate surface area is 265 Å². The van der Waals surface area contributed by atoms with Crippen LogP contribution in [-0.4, -0.2) is 72.2 Å². The van der Waals surface area contributed by atoms with Gasteiger partial charge in [-0.1, -0.05) is 55.5 Å². The number of para-hydroxylation sites is 1. The highest BCUT2D eigenvalue weighted by Gasteiger charge is 2.37. The van der Waals surface area contributed by atoms with Gasteiger partial charge in [0.1, 0.15) is 6.04 Å². The zero-order valence-corrected chi connectivity index (χ0v) is 27.0. The van der Waals surface area contributed by atoms with Gasteiger partial charge >= 0.3 is 6.03 Å². The molecule has 3 aromatic carbocycles. The molecule has 0 aliphatic carbocycles. The molecule has 1 saturated heterocycles. The number of hydrogen-bond acceptors (Lipinski definition) is 4. The number of hydrogen-bond donors (Lipinski definition) is 2. The number of H-pyrrole nitrogens is 1. The fourth-order valence-corrected chi connectivity index (χ4v) is 7.81. The molecule has 1 fully saturated rings. The van der Waals surface area contributed by atoms with Crippen molar-refractivity contribution in [2.75, 3.05) is 44.4 Å². The van der Waals surface area contributed by atoms with Crippen molar-refractivity contribution < 1.29 is 9.59 Å². The lowest BCUT2D eigenvalue weighted by atomic mass is 9.87. The summed E-state index contributed by atoms with van der Waals surface area (Å²) in [6, 6.07) is 22.3. The highest BCUT2D eigenvalue weighted by molar-refractivity contribution is 7.99. The Morgan fingerprint density at radius 3 is 2.55 bits per heavy atom. The molecule has 0 spiro atoms. The van der Waals surface area contributed by atoms with E-state index in [0.717, 1.165) is 57.8 Å². The van der Waals surface area contributed by atoms with Crippen LogP contribution >= 0.6 is 11.8 Å². The van der Waals surface area contributed by atoms with Gasteiger partial charge in [0, 0.05) is 59.8 Å². The molecule has 0 bridgehead atoms. The monoisotopic (exact) mass is 609 g/mol. The van der Waals surface area contributed by atoms with Crippen molar-refractivity contribution in [3.63, 3.8) is 0 Å². The van der Waals surface area contributed by atoms with Crippen LogP contribution in [0.1, 0.15) is 53.9 Å². The van der Waals surface area contributed by atoms with Gasteiger partial charge in [0.2, 0.25) is 5.91 Å². The van der Waals surface area contributed by atoms with Crippen LogP contribution in [0, 0.1) is 6.92 Å². The van der Waals surface area contributed by atoms with E-state index in [4.69, 9.17) is 0 Å². The molecule has 3 heterocycles. The van der Waals surface area contributed by atoms with Gasteiger partial charge in [-0.25, -0.2) is 4.79 Å². The molecule has 8 heteroatoms. The van der Waals surface area contributed by atoms with E-state index in [0.29, 0.717) is 25.6 Å². The molecule has 2 aliphatic heterocycles. The number of fused-ring (bicyclic) bond motifs is 2. The Morgan fingerprint density at radius 1 is 1.02 bits per heavy atom. The van der Waals surface area contributed by atoms with Crippen LogP contribution in [0.15, 0.2) is 77.8 Å². The van der Waals surface area contributed by atoms with Crippen LogP contribution in [0.4, 0.5) is 10.5 Å². The van der Waals surface area contributed by atoms with Gasteiger partial charge < -0.3 is 25.0 Å². The Morgan fingerprint density at radius 2 is 1.77 bits per heavy atom. The maximum Gasteiger partial charge on any atom is 0.318 e. The summed E-state index contributed by atoms with van der Waals surface area (Å²) in [5.74, 6) is 0.964. The fourth-order valence-electron chi connectivity index (χ4n) is 6.84. The van der Waals surface area contributed by atoms with E-state index in [1.165, 1.54) is 11.1 Å². The van der Waals surface area contributed by atoms with Gasteiger partial charge in [-0.15, -0.1) is 11.8 Å². The molecule has 2 atom stereocenters. The first kappa shape index (κ1) is 30.3. The van der Waals surface area contributed by atoms with E-state index >= 15 is 0 Å². The zero-order chi connectivity index (χ0) is 30.8. The van der Waals surface area contributed by atoms with E-state index in [1.807, 2.05) is 34.2 Å². The number of aromatic amines is 1. The Kier molecular flexibility index (Phi) is 9.01. The number of anilines is 1. The van der Waals surface area contributed by atoms with Crippen LogP contribution in [0.5, 0.6) is 0 Å². The second kappa shape index (κ2) is 13.1. The van der Waals surface area contributed by atoms with Gasteiger partial charge in [-0.05, 0) is 80.2 Å². The average Bonchev–Trinajstić information content (AvgIpc) is 3.47. The van der Waals surface area contributed by atoms with E-state index in [1.54, 1.807) is 11.8 Å². The number of urea groups is 1. The highest BCUT2D eigenvalue weighted by atomic mass is 32.2. The summed E-state index contributed by atoms with van der Waals surface area (Å²) < 4.78 is 0. The van der Waals surface area contributed by atoms with Gasteiger partial charge in [0.25, 0.3) is 0 Å². The lowest BCUT2D eigenvalue weighted by Gasteiger charge is -2.37. The largest absolute Gasteiger partial charge is 0.361 e. The van der Waals surface area contributed by atoms with Gasteiger partial charge in [0.15, 0.2) is 0 Å². The smallest absolute Gasteiger partial charge is 0.318 e. The van der Waals surface area contributed by atoms with E-state index in [2.05, 4.69) is 91.7 Å². The number of benzene rings is 3. The third-order valence-electron chi connectivity index (χ3n) is 9.22. The summed E-state index contributed by atoms with van der Waals surface area (Å²) >= 11 is 1.79. The van der Waals surface area contributed by atoms with Crippen molar-refractivity contribution in [3.05, 3.63) is 95.2 Å². The predicted molar refractivity (Wildman–Crippen MR) is 181 cm³/mol. The molecular formula is C36H43N5O2S. The average molecular weight is 610 g/mol. The molecule has 44 heavy (non-hydrogen) atoms. The van der Waals surface area contributed by atoms with Crippen LogP contribution in [-0.2, 0) is 11.3 Å². The van der Waals surface area contributed by atoms with Crippen LogP contribution in [0.3, 0.4) is 0 Å². The molecule has 2 N–H and O–H groups in total. The number of aromatic nitrogens is 1. The Bertz CT molecular complexity index is 1640. The van der Waals surface area contributed by atoms with Crippen molar-refractivity contribution in [1.29, 1.82) is 0 Å². The lowest BCUT2D eigenvalue weighted by molar-refractivity contribution is -0.120. The van der Waals surface area contributed by atoms with Crippen molar-refractivity contribution >= 4 is 40.3 Å². The quantitative estimate of drug-likeness (QED) is 0.244. The minimum Gasteiger partial charge on any atom is -0.361 e. The maximum absolute atomic E-state index is 14.6. The van der Waals surface area contributed by atoms with Crippen molar-refractivity contribution in [2.45, 2.75) is 56.0 Å². The van der Waals surface area contributed by atoms with E-state index in [-0.39, 0.29) is 17.9 Å². The molecule has 1 aromatic heterocycles. The van der Waals surface area contributed by atoms with Gasteiger partial charge in [0.05, 0.1) is 5.69 Å². The molecule has 4 aromatic rings. The molecule has 0 unspecified atom stereocenters. The third kappa shape index (κ3) is 6.24. The molecule has 6 rings (SSSR count). The standard InChI is InChI=1S/C36H43N5O2S/c1-24-9-5-6-10-28(24)27-15-17-40(18-16-27)36(43)38-34(25(2)30-22-37-31-12-8-7-11-29(30)31)35(42)41-19-20-44-33-14-13-26(21-32(33)41)23-39(3)4/h5-14,21-22,25,27,34,37H,15-20,23H2,1-4H3,(H,38,43)/t25-,34+/m0/s1. The molecule has 7 nitrogen and oxygen atoms in total. The highest BCUT2D eigenvalue weighted by Crippen LogP contribution is 2.38. The number of nitrogens with one attached hydrogen (secondary N) is 2. The summed E-state index contributed by atoms with van der Waals surface area (Å²) in [5.41, 5.74) is 6.85. The van der Waals surface area contributed by atoms with Crippen LogP contribution in [0.2, 0.25) is 0 Å².